The first kappa shape index (κ1) is 13.9. The van der Waals surface area contributed by atoms with Gasteiger partial charge in [-0.15, -0.1) is 0 Å². The Morgan fingerprint density at radius 3 is 2.50 bits per heavy atom. The highest BCUT2D eigenvalue weighted by molar-refractivity contribution is 5.94. The minimum atomic E-state index is -1.61. The Labute approximate surface area is 111 Å². The number of halogens is 3. The van der Waals surface area contributed by atoms with Crippen molar-refractivity contribution in [3.05, 3.63) is 63.3 Å². The first-order chi connectivity index (χ1) is 9.32. The van der Waals surface area contributed by atoms with Crippen molar-refractivity contribution in [3.63, 3.8) is 0 Å². The number of nitrogens with two attached hydrogens (primary N) is 1. The maximum Gasteiger partial charge on any atom is 0.196 e. The van der Waals surface area contributed by atoms with Crippen molar-refractivity contribution in [2.45, 2.75) is 6.92 Å². The van der Waals surface area contributed by atoms with Crippen LogP contribution in [0.25, 0.3) is 5.69 Å². The summed E-state index contributed by atoms with van der Waals surface area (Å²) in [5.74, 6) is -4.79. The van der Waals surface area contributed by atoms with E-state index >= 15 is 0 Å². The lowest BCUT2D eigenvalue weighted by Crippen LogP contribution is -2.24. The minimum absolute atomic E-state index is 0.153. The third kappa shape index (κ3) is 2.18. The van der Waals surface area contributed by atoms with Gasteiger partial charge >= 0.3 is 0 Å². The monoisotopic (exact) mass is 281 g/mol. The summed E-state index contributed by atoms with van der Waals surface area (Å²) in [6.07, 6.45) is 1.12. The summed E-state index contributed by atoms with van der Waals surface area (Å²) in [5, 5.41) is 7.27. The molecule has 0 aliphatic rings. The molecule has 2 aromatic rings. The van der Waals surface area contributed by atoms with E-state index in [4.69, 9.17) is 11.1 Å². The second-order valence-electron chi connectivity index (χ2n) is 4.17. The molecule has 0 radical (unpaired) electrons. The first-order valence-corrected chi connectivity index (χ1v) is 5.54. The predicted octanol–water partition coefficient (Wildman–Crippen LogP) is 1.85. The minimum Gasteiger partial charge on any atom is -0.384 e. The molecule has 0 aliphatic heterocycles. The molecule has 0 amide bonds. The van der Waals surface area contributed by atoms with Crippen LogP contribution in [0.2, 0.25) is 0 Å². The quantitative estimate of drug-likeness (QED) is 0.501. The van der Waals surface area contributed by atoms with Gasteiger partial charge in [-0.2, -0.15) is 0 Å². The van der Waals surface area contributed by atoms with E-state index in [2.05, 4.69) is 0 Å². The van der Waals surface area contributed by atoms with Crippen LogP contribution in [0.4, 0.5) is 13.2 Å². The lowest BCUT2D eigenvalue weighted by molar-refractivity contribution is 0.444. The zero-order chi connectivity index (χ0) is 15.0. The Hall–Kier alpha value is -2.57. The van der Waals surface area contributed by atoms with Gasteiger partial charge in [0.25, 0.3) is 0 Å². The number of hydrogen-bond donors (Lipinski definition) is 2. The SMILES string of the molecule is Cc1cc(=O)c(C(=N)N)cn1-c1ccc(F)c(F)c1F. The summed E-state index contributed by atoms with van der Waals surface area (Å²) in [6, 6.07) is 2.95. The molecular weight excluding hydrogens is 271 g/mol. The second-order valence-corrected chi connectivity index (χ2v) is 4.17. The van der Waals surface area contributed by atoms with Crippen LogP contribution in [-0.4, -0.2) is 10.4 Å². The fraction of sp³-hybridized carbons (Fsp3) is 0.0769. The van der Waals surface area contributed by atoms with E-state index in [1.54, 1.807) is 0 Å². The summed E-state index contributed by atoms with van der Waals surface area (Å²) >= 11 is 0. The van der Waals surface area contributed by atoms with Gasteiger partial charge in [-0.3, -0.25) is 10.2 Å². The zero-order valence-corrected chi connectivity index (χ0v) is 10.4. The van der Waals surface area contributed by atoms with E-state index in [-0.39, 0.29) is 11.3 Å². The van der Waals surface area contributed by atoms with Gasteiger partial charge in [0, 0.05) is 18.0 Å². The van der Waals surface area contributed by atoms with Crippen LogP contribution in [0, 0.1) is 29.8 Å². The highest BCUT2D eigenvalue weighted by Crippen LogP contribution is 2.20. The van der Waals surface area contributed by atoms with E-state index in [9.17, 15) is 18.0 Å². The summed E-state index contributed by atoms with van der Waals surface area (Å²) in [5.41, 5.74) is 4.61. The molecule has 0 bridgehead atoms. The maximum absolute atomic E-state index is 13.8. The molecule has 0 saturated heterocycles. The Balaban J connectivity index is 2.77. The molecule has 0 saturated carbocycles. The number of amidine groups is 1. The van der Waals surface area contributed by atoms with Crippen molar-refractivity contribution in [2.24, 2.45) is 5.73 Å². The number of rotatable bonds is 2. The van der Waals surface area contributed by atoms with Gasteiger partial charge in [-0.05, 0) is 19.1 Å². The molecule has 1 aromatic carbocycles. The van der Waals surface area contributed by atoms with E-state index < -0.39 is 28.7 Å². The van der Waals surface area contributed by atoms with Gasteiger partial charge in [-0.1, -0.05) is 0 Å². The van der Waals surface area contributed by atoms with Crippen LogP contribution in [0.15, 0.2) is 29.2 Å². The van der Waals surface area contributed by atoms with E-state index in [0.717, 1.165) is 29.0 Å². The lowest BCUT2D eigenvalue weighted by Gasteiger charge is -2.13. The number of aryl methyl sites for hydroxylation is 1. The topological polar surface area (TPSA) is 71.9 Å². The average Bonchev–Trinajstić information content (AvgIpc) is 2.37. The van der Waals surface area contributed by atoms with Crippen LogP contribution in [0.1, 0.15) is 11.3 Å². The van der Waals surface area contributed by atoms with Crippen LogP contribution in [0.5, 0.6) is 0 Å². The summed E-state index contributed by atoms with van der Waals surface area (Å²) in [7, 11) is 0. The number of hydrogen-bond acceptors (Lipinski definition) is 2. The molecule has 2 rings (SSSR count). The number of nitrogens with one attached hydrogen (secondary N) is 1. The Morgan fingerprint density at radius 2 is 1.90 bits per heavy atom. The van der Waals surface area contributed by atoms with Gasteiger partial charge in [0.1, 0.15) is 5.84 Å². The second kappa shape index (κ2) is 4.84. The highest BCUT2D eigenvalue weighted by atomic mass is 19.2. The zero-order valence-electron chi connectivity index (χ0n) is 10.4. The van der Waals surface area contributed by atoms with E-state index in [0.29, 0.717) is 5.69 Å². The molecule has 7 heteroatoms. The molecule has 4 nitrogen and oxygen atoms in total. The molecule has 1 heterocycles. The smallest absolute Gasteiger partial charge is 0.196 e. The van der Waals surface area contributed by atoms with Gasteiger partial charge in [-0.25, -0.2) is 13.2 Å². The Morgan fingerprint density at radius 1 is 1.25 bits per heavy atom. The van der Waals surface area contributed by atoms with Gasteiger partial charge < -0.3 is 10.3 Å². The van der Waals surface area contributed by atoms with Crippen LogP contribution in [0.3, 0.4) is 0 Å². The van der Waals surface area contributed by atoms with Crippen molar-refractivity contribution in [2.75, 3.05) is 0 Å². The molecule has 3 N–H and O–H groups in total. The van der Waals surface area contributed by atoms with Crippen molar-refractivity contribution in [1.29, 1.82) is 5.41 Å². The normalized spacial score (nSPS) is 10.6. The Bertz CT molecular complexity index is 768. The van der Waals surface area contributed by atoms with Gasteiger partial charge in [0.2, 0.25) is 0 Å². The lowest BCUT2D eigenvalue weighted by atomic mass is 10.2. The molecule has 0 unspecified atom stereocenters. The molecule has 20 heavy (non-hydrogen) atoms. The molecule has 104 valence electrons. The molecule has 1 aromatic heterocycles. The fourth-order valence-corrected chi connectivity index (χ4v) is 1.80. The van der Waals surface area contributed by atoms with Crippen molar-refractivity contribution in [1.82, 2.24) is 4.57 Å². The summed E-state index contributed by atoms with van der Waals surface area (Å²) in [6.45, 7) is 1.49. The summed E-state index contributed by atoms with van der Waals surface area (Å²) in [4.78, 5) is 11.6. The Kier molecular flexibility index (Phi) is 3.35. The first-order valence-electron chi connectivity index (χ1n) is 5.54. The average molecular weight is 281 g/mol. The molecule has 0 fully saturated rings. The van der Waals surface area contributed by atoms with Gasteiger partial charge in [0.15, 0.2) is 22.9 Å². The number of nitrogen functional groups attached to an aromatic ring is 1. The largest absolute Gasteiger partial charge is 0.384 e. The number of nitrogens with zero attached hydrogens (tertiary/aromatic N) is 1. The molecular formula is C13H10F3N3O. The molecule has 0 spiro atoms. The predicted molar refractivity (Wildman–Crippen MR) is 67.7 cm³/mol. The van der Waals surface area contributed by atoms with Crippen molar-refractivity contribution in [3.8, 4) is 5.69 Å². The van der Waals surface area contributed by atoms with Gasteiger partial charge in [0.05, 0.1) is 11.3 Å². The number of aromatic nitrogens is 1. The maximum atomic E-state index is 13.8. The van der Waals surface area contributed by atoms with Crippen LogP contribution >= 0.6 is 0 Å². The molecule has 0 atom stereocenters. The van der Waals surface area contributed by atoms with E-state index in [1.165, 1.54) is 6.92 Å². The van der Waals surface area contributed by atoms with Crippen molar-refractivity contribution >= 4 is 5.84 Å². The third-order valence-corrected chi connectivity index (χ3v) is 2.81. The van der Waals surface area contributed by atoms with Crippen molar-refractivity contribution < 1.29 is 13.2 Å². The third-order valence-electron chi connectivity index (χ3n) is 2.81. The van der Waals surface area contributed by atoms with Crippen LogP contribution < -0.4 is 11.2 Å². The highest BCUT2D eigenvalue weighted by Gasteiger charge is 2.16. The standard InChI is InChI=1S/C13H10F3N3O/c1-6-4-10(20)7(13(17)18)5-19(6)9-3-2-8(14)11(15)12(9)16/h2-5H,1H3,(H3,17,18). The number of pyridine rings is 1. The summed E-state index contributed by atoms with van der Waals surface area (Å²) < 4.78 is 41.1. The number of benzene rings is 1. The van der Waals surface area contributed by atoms with E-state index in [1.807, 2.05) is 0 Å². The van der Waals surface area contributed by atoms with Crippen LogP contribution in [-0.2, 0) is 0 Å². The molecule has 0 aliphatic carbocycles. The fourth-order valence-electron chi connectivity index (χ4n) is 1.80.